The number of halogens is 1. The number of benzene rings is 2. The van der Waals surface area contributed by atoms with Gasteiger partial charge in [-0.15, -0.1) is 0 Å². The van der Waals surface area contributed by atoms with Crippen LogP contribution in [0, 0.1) is 5.82 Å². The quantitative estimate of drug-likeness (QED) is 0.705. The standard InChI is InChI=1S/C19H22FNO6S2/c1-26-14-7-8-17(27-2)19(13-14)29(24,25)21-10-9-18(28(22,23)12-11-21)15-5-3-4-6-16(15)20/h3-8,13,18H,9-12H2,1-2H3. The molecule has 1 aliphatic heterocycles. The molecule has 0 aromatic heterocycles. The number of hydrogen-bond donors (Lipinski definition) is 0. The summed E-state index contributed by atoms with van der Waals surface area (Å²) in [5, 5.41) is -1.10. The maximum Gasteiger partial charge on any atom is 0.246 e. The van der Waals surface area contributed by atoms with Gasteiger partial charge in [0, 0.05) is 24.7 Å². The van der Waals surface area contributed by atoms with Gasteiger partial charge in [-0.1, -0.05) is 18.2 Å². The van der Waals surface area contributed by atoms with Crippen LogP contribution in [0.5, 0.6) is 11.5 Å². The minimum Gasteiger partial charge on any atom is -0.497 e. The van der Waals surface area contributed by atoms with Crippen molar-refractivity contribution in [2.45, 2.75) is 16.6 Å². The Morgan fingerprint density at radius 3 is 2.45 bits per heavy atom. The van der Waals surface area contributed by atoms with E-state index in [0.29, 0.717) is 5.75 Å². The molecule has 1 unspecified atom stereocenters. The van der Waals surface area contributed by atoms with Gasteiger partial charge in [0.05, 0.1) is 25.2 Å². The lowest BCUT2D eigenvalue weighted by molar-refractivity contribution is 0.384. The van der Waals surface area contributed by atoms with Crippen LogP contribution in [-0.4, -0.2) is 54.2 Å². The van der Waals surface area contributed by atoms with Crippen LogP contribution in [0.4, 0.5) is 4.39 Å². The van der Waals surface area contributed by atoms with Crippen LogP contribution >= 0.6 is 0 Å². The Bertz CT molecular complexity index is 1100. The molecule has 1 fully saturated rings. The molecule has 29 heavy (non-hydrogen) atoms. The highest BCUT2D eigenvalue weighted by Crippen LogP contribution is 2.35. The van der Waals surface area contributed by atoms with E-state index in [9.17, 15) is 21.2 Å². The van der Waals surface area contributed by atoms with E-state index in [2.05, 4.69) is 0 Å². The van der Waals surface area contributed by atoms with Gasteiger partial charge in [-0.3, -0.25) is 0 Å². The average molecular weight is 444 g/mol. The average Bonchev–Trinajstić information content (AvgIpc) is 2.86. The second kappa shape index (κ2) is 8.29. The second-order valence-electron chi connectivity index (χ2n) is 6.59. The molecule has 0 N–H and O–H groups in total. The lowest BCUT2D eigenvalue weighted by Crippen LogP contribution is -2.33. The molecule has 7 nitrogen and oxygen atoms in total. The molecule has 0 radical (unpaired) electrons. The molecule has 2 aromatic carbocycles. The van der Waals surface area contributed by atoms with Crippen molar-refractivity contribution in [3.63, 3.8) is 0 Å². The molecule has 1 atom stereocenters. The molecule has 10 heteroatoms. The van der Waals surface area contributed by atoms with Crippen molar-refractivity contribution in [1.29, 1.82) is 0 Å². The van der Waals surface area contributed by atoms with Crippen LogP contribution in [-0.2, 0) is 19.9 Å². The van der Waals surface area contributed by atoms with Crippen molar-refractivity contribution in [2.75, 3.05) is 33.1 Å². The molecule has 0 bridgehead atoms. The fourth-order valence-electron chi connectivity index (χ4n) is 3.37. The molecule has 2 aromatic rings. The smallest absolute Gasteiger partial charge is 0.246 e. The summed E-state index contributed by atoms with van der Waals surface area (Å²) < 4.78 is 77.5. The zero-order chi connectivity index (χ0) is 21.2. The number of sulfonamides is 1. The van der Waals surface area contributed by atoms with Gasteiger partial charge in [0.15, 0.2) is 9.84 Å². The third kappa shape index (κ3) is 4.24. The maximum atomic E-state index is 14.2. The van der Waals surface area contributed by atoms with Crippen LogP contribution in [0.3, 0.4) is 0 Å². The van der Waals surface area contributed by atoms with E-state index >= 15 is 0 Å². The largest absolute Gasteiger partial charge is 0.497 e. The van der Waals surface area contributed by atoms with Crippen molar-refractivity contribution in [2.24, 2.45) is 0 Å². The summed E-state index contributed by atoms with van der Waals surface area (Å²) in [7, 11) is -5.04. The van der Waals surface area contributed by atoms with Gasteiger partial charge >= 0.3 is 0 Å². The Hall–Kier alpha value is -2.17. The summed E-state index contributed by atoms with van der Waals surface area (Å²) in [6, 6.07) is 10.0. The molecule has 158 valence electrons. The number of sulfone groups is 1. The molecule has 0 spiro atoms. The lowest BCUT2D eigenvalue weighted by Gasteiger charge is -2.21. The number of methoxy groups -OCH3 is 2. The Balaban J connectivity index is 1.97. The summed E-state index contributed by atoms with van der Waals surface area (Å²) in [6.45, 7) is -0.295. The topological polar surface area (TPSA) is 90.0 Å². The maximum absolute atomic E-state index is 14.2. The monoisotopic (exact) mass is 443 g/mol. The minimum absolute atomic E-state index is 0.0468. The Kier molecular flexibility index (Phi) is 6.16. The molecular formula is C19H22FNO6S2. The summed E-state index contributed by atoms with van der Waals surface area (Å²) in [5.74, 6) is -0.566. The van der Waals surface area contributed by atoms with E-state index in [1.165, 1.54) is 44.6 Å². The van der Waals surface area contributed by atoms with Gasteiger partial charge in [0.1, 0.15) is 22.2 Å². The van der Waals surface area contributed by atoms with E-state index < -0.39 is 36.7 Å². The Morgan fingerprint density at radius 2 is 1.79 bits per heavy atom. The van der Waals surface area contributed by atoms with E-state index in [0.717, 1.165) is 4.31 Å². The van der Waals surface area contributed by atoms with Gasteiger partial charge in [0.25, 0.3) is 0 Å². The van der Waals surface area contributed by atoms with E-state index in [4.69, 9.17) is 9.47 Å². The van der Waals surface area contributed by atoms with Crippen LogP contribution in [0.15, 0.2) is 47.4 Å². The van der Waals surface area contributed by atoms with Crippen molar-refractivity contribution in [1.82, 2.24) is 4.31 Å². The predicted octanol–water partition coefficient (Wildman–Crippen LogP) is 2.39. The van der Waals surface area contributed by atoms with Crippen LogP contribution in [0.25, 0.3) is 0 Å². The van der Waals surface area contributed by atoms with Gasteiger partial charge in [-0.2, -0.15) is 4.31 Å². The Morgan fingerprint density at radius 1 is 1.07 bits per heavy atom. The molecule has 1 saturated heterocycles. The lowest BCUT2D eigenvalue weighted by atomic mass is 10.1. The summed E-state index contributed by atoms with van der Waals surface area (Å²) >= 11 is 0. The van der Waals surface area contributed by atoms with Gasteiger partial charge in [0.2, 0.25) is 10.0 Å². The number of nitrogens with zero attached hydrogens (tertiary/aromatic N) is 1. The second-order valence-corrected chi connectivity index (χ2v) is 10.8. The number of hydrogen-bond acceptors (Lipinski definition) is 6. The van der Waals surface area contributed by atoms with Crippen molar-refractivity contribution in [3.8, 4) is 11.5 Å². The highest BCUT2D eigenvalue weighted by molar-refractivity contribution is 7.92. The van der Waals surface area contributed by atoms with E-state index in [1.807, 2.05) is 0 Å². The van der Waals surface area contributed by atoms with Crippen LogP contribution in [0.1, 0.15) is 17.2 Å². The zero-order valence-electron chi connectivity index (χ0n) is 16.0. The molecule has 0 amide bonds. The molecule has 1 aliphatic rings. The van der Waals surface area contributed by atoms with E-state index in [1.54, 1.807) is 12.1 Å². The van der Waals surface area contributed by atoms with Gasteiger partial charge < -0.3 is 9.47 Å². The third-order valence-electron chi connectivity index (χ3n) is 4.94. The first kappa shape index (κ1) is 21.5. The summed E-state index contributed by atoms with van der Waals surface area (Å²) in [6.07, 6.45) is -0.0468. The summed E-state index contributed by atoms with van der Waals surface area (Å²) in [4.78, 5) is -0.110. The van der Waals surface area contributed by atoms with E-state index in [-0.39, 0.29) is 35.7 Å². The van der Waals surface area contributed by atoms with Crippen molar-refractivity contribution < 1.29 is 30.7 Å². The van der Waals surface area contributed by atoms with Crippen molar-refractivity contribution >= 4 is 19.9 Å². The highest BCUT2D eigenvalue weighted by Gasteiger charge is 2.37. The first-order valence-electron chi connectivity index (χ1n) is 8.89. The number of rotatable bonds is 5. The number of ether oxygens (including phenoxy) is 2. The molecule has 0 aliphatic carbocycles. The van der Waals surface area contributed by atoms with Crippen molar-refractivity contribution in [3.05, 3.63) is 53.8 Å². The third-order valence-corrected chi connectivity index (χ3v) is 8.97. The fourth-order valence-corrected chi connectivity index (χ4v) is 6.92. The van der Waals surface area contributed by atoms with Gasteiger partial charge in [-0.25, -0.2) is 21.2 Å². The molecule has 0 saturated carbocycles. The molecule has 1 heterocycles. The SMILES string of the molecule is COc1ccc(OC)c(S(=O)(=O)N2CCC(c3ccccc3F)S(=O)(=O)CC2)c1. The first-order chi connectivity index (χ1) is 13.7. The Labute approximate surface area is 170 Å². The normalized spacial score (nSPS) is 20.0. The highest BCUT2D eigenvalue weighted by atomic mass is 32.2. The zero-order valence-corrected chi connectivity index (χ0v) is 17.7. The summed E-state index contributed by atoms with van der Waals surface area (Å²) in [5.41, 5.74) is 0.0608. The van der Waals surface area contributed by atoms with Crippen LogP contribution in [0.2, 0.25) is 0 Å². The fraction of sp³-hybridized carbons (Fsp3) is 0.368. The first-order valence-corrected chi connectivity index (χ1v) is 12.0. The van der Waals surface area contributed by atoms with Crippen LogP contribution < -0.4 is 9.47 Å². The molecule has 3 rings (SSSR count). The molecular weight excluding hydrogens is 421 g/mol. The predicted molar refractivity (Wildman–Crippen MR) is 106 cm³/mol. The van der Waals surface area contributed by atoms with Gasteiger partial charge in [-0.05, 0) is 24.6 Å². The minimum atomic E-state index is -4.06.